The van der Waals surface area contributed by atoms with Gasteiger partial charge in [-0.25, -0.2) is 4.98 Å². The van der Waals surface area contributed by atoms with E-state index < -0.39 is 17.1 Å². The van der Waals surface area contributed by atoms with Crippen molar-refractivity contribution < 1.29 is 24.6 Å². The van der Waals surface area contributed by atoms with Gasteiger partial charge in [0.05, 0.1) is 22.1 Å². The summed E-state index contributed by atoms with van der Waals surface area (Å²) in [5, 5.41) is 26.7. The summed E-state index contributed by atoms with van der Waals surface area (Å²) in [6.07, 6.45) is 12.6. The van der Waals surface area contributed by atoms with E-state index in [0.29, 0.717) is 19.3 Å². The zero-order valence-electron chi connectivity index (χ0n) is 25.9. The highest BCUT2D eigenvalue weighted by Crippen LogP contribution is 2.67. The number of hydrogen-bond donors (Lipinski definition) is 3. The molecule has 1 amide bonds. The number of nitrogens with one attached hydrogen (secondary N) is 1. The number of aliphatic hydroxyl groups excluding tert-OH is 1. The van der Waals surface area contributed by atoms with E-state index in [2.05, 4.69) is 19.2 Å². The normalized spacial score (nSPS) is 34.3. The number of rotatable bonds is 10. The fourth-order valence-electron chi connectivity index (χ4n) is 9.01. The maximum Gasteiger partial charge on any atom is 0.224 e. The maximum atomic E-state index is 13.8. The Kier molecular flexibility index (Phi) is 8.72. The average Bonchev–Trinajstić information content (AvgIpc) is 3.51. The molecule has 1 aromatic carbocycles. The van der Waals surface area contributed by atoms with E-state index in [1.807, 2.05) is 31.2 Å². The number of aliphatic hydroxyl groups is 2. The molecule has 0 aliphatic heterocycles. The number of thiazole rings is 1. The van der Waals surface area contributed by atoms with Crippen LogP contribution in [0, 0.1) is 28.6 Å². The summed E-state index contributed by atoms with van der Waals surface area (Å²) in [7, 11) is 0. The molecule has 44 heavy (non-hydrogen) atoms. The summed E-state index contributed by atoms with van der Waals surface area (Å²) in [5.41, 5.74) is 0.0736. The standard InChI is InChI=1S/C35H44N2O5S2/c1-4-5-6-7-8-30(41)36-22-10-12-26-28(18-22)44-32(37-26)43-20-29(40)35(42)16-14-25-24-11-9-21-17-23(38)13-15-33(21,2)31(24)27(39)19-34(25,35)3/h10,12-13,15,17-18,24-25,27,31,39,42H,4-9,11,14,16,19-20H2,1-3H3,(H,36,41)/t24?,25?,27-,31?,33?,34?,35-/m0/s1. The van der Waals surface area contributed by atoms with Crippen molar-refractivity contribution in [2.45, 2.75) is 101 Å². The minimum absolute atomic E-state index is 0.0119. The predicted octanol–water partition coefficient (Wildman–Crippen LogP) is 6.88. The second-order valence-corrected chi connectivity index (χ2v) is 16.1. The predicted molar refractivity (Wildman–Crippen MR) is 176 cm³/mol. The van der Waals surface area contributed by atoms with Gasteiger partial charge in [-0.2, -0.15) is 0 Å². The highest BCUT2D eigenvalue weighted by Gasteiger charge is 2.68. The van der Waals surface area contributed by atoms with Crippen LogP contribution < -0.4 is 5.32 Å². The molecule has 0 radical (unpaired) electrons. The van der Waals surface area contributed by atoms with Crippen molar-refractivity contribution in [3.8, 4) is 0 Å². The lowest BCUT2D eigenvalue weighted by Crippen LogP contribution is -2.61. The van der Waals surface area contributed by atoms with Gasteiger partial charge in [-0.05, 0) is 80.7 Å². The van der Waals surface area contributed by atoms with Gasteiger partial charge in [-0.1, -0.05) is 63.4 Å². The Hall–Kier alpha value is -2.33. The Bertz CT molecular complexity index is 1530. The molecule has 1 aromatic heterocycles. The first-order valence-corrected chi connectivity index (χ1v) is 18.0. The molecular formula is C35H44N2O5S2. The van der Waals surface area contributed by atoms with Gasteiger partial charge in [-0.15, -0.1) is 11.3 Å². The van der Waals surface area contributed by atoms with E-state index in [1.54, 1.807) is 12.2 Å². The first-order chi connectivity index (χ1) is 21.0. The molecule has 0 saturated heterocycles. The quantitative estimate of drug-likeness (QED) is 0.192. The Morgan fingerprint density at radius 3 is 2.80 bits per heavy atom. The fourth-order valence-corrected chi connectivity index (χ4v) is 11.1. The van der Waals surface area contributed by atoms with Gasteiger partial charge in [-0.3, -0.25) is 14.4 Å². The molecule has 3 saturated carbocycles. The largest absolute Gasteiger partial charge is 0.393 e. The molecular weight excluding hydrogens is 593 g/mol. The number of carbonyl (C=O) groups is 3. The number of carbonyl (C=O) groups excluding carboxylic acids is 3. The van der Waals surface area contributed by atoms with Crippen molar-refractivity contribution in [1.29, 1.82) is 0 Å². The van der Waals surface area contributed by atoms with Crippen LogP contribution in [0.5, 0.6) is 0 Å². The number of Topliss-reactive ketones (excluding diaryl/α,β-unsaturated/α-hetero) is 1. The first-order valence-electron chi connectivity index (χ1n) is 16.2. The van der Waals surface area contributed by atoms with Gasteiger partial charge >= 0.3 is 0 Å². The maximum absolute atomic E-state index is 13.8. The lowest BCUT2D eigenvalue weighted by Gasteiger charge is -2.59. The second-order valence-electron chi connectivity index (χ2n) is 13.8. The van der Waals surface area contributed by atoms with Crippen molar-refractivity contribution in [2.24, 2.45) is 28.6 Å². The lowest BCUT2D eigenvalue weighted by molar-refractivity contribution is -0.174. The molecule has 9 heteroatoms. The van der Waals surface area contributed by atoms with Gasteiger partial charge in [0.2, 0.25) is 5.91 Å². The number of nitrogens with zero attached hydrogens (tertiary/aromatic N) is 1. The molecule has 7 nitrogen and oxygen atoms in total. The molecule has 0 spiro atoms. The molecule has 7 atom stereocenters. The van der Waals surface area contributed by atoms with Crippen molar-refractivity contribution >= 4 is 56.5 Å². The molecule has 0 bridgehead atoms. The summed E-state index contributed by atoms with van der Waals surface area (Å²) in [6, 6.07) is 5.69. The zero-order valence-corrected chi connectivity index (χ0v) is 27.6. The Balaban J connectivity index is 1.12. The smallest absolute Gasteiger partial charge is 0.224 e. The number of anilines is 1. The van der Waals surface area contributed by atoms with Gasteiger partial charge in [0.25, 0.3) is 0 Å². The van der Waals surface area contributed by atoms with Crippen molar-refractivity contribution in [3.63, 3.8) is 0 Å². The minimum atomic E-state index is -1.50. The van der Waals surface area contributed by atoms with Crippen LogP contribution in [-0.4, -0.2) is 50.1 Å². The van der Waals surface area contributed by atoms with Crippen LogP contribution in [0.15, 0.2) is 46.3 Å². The van der Waals surface area contributed by atoms with Gasteiger partial charge in [0.1, 0.15) is 5.60 Å². The van der Waals surface area contributed by atoms with Crippen molar-refractivity contribution in [2.75, 3.05) is 11.1 Å². The van der Waals surface area contributed by atoms with Crippen LogP contribution in [-0.2, 0) is 14.4 Å². The molecule has 2 aromatic rings. The third kappa shape index (κ3) is 5.41. The first kappa shape index (κ1) is 31.6. The topological polar surface area (TPSA) is 117 Å². The van der Waals surface area contributed by atoms with Gasteiger partial charge < -0.3 is 15.5 Å². The third-order valence-electron chi connectivity index (χ3n) is 11.3. The van der Waals surface area contributed by atoms with E-state index in [1.165, 1.54) is 23.1 Å². The molecule has 1 heterocycles. The van der Waals surface area contributed by atoms with Crippen LogP contribution in [0.2, 0.25) is 0 Å². The Labute approximate surface area is 268 Å². The molecule has 236 valence electrons. The summed E-state index contributed by atoms with van der Waals surface area (Å²) in [6.45, 7) is 6.30. The van der Waals surface area contributed by atoms with Crippen molar-refractivity contribution in [1.82, 2.24) is 4.98 Å². The molecule has 3 fully saturated rings. The van der Waals surface area contributed by atoms with E-state index in [9.17, 15) is 24.6 Å². The fraction of sp³-hybridized carbons (Fsp3) is 0.600. The number of fused-ring (bicyclic) bond motifs is 6. The summed E-state index contributed by atoms with van der Waals surface area (Å²) >= 11 is 2.84. The van der Waals surface area contributed by atoms with Crippen LogP contribution in [0.1, 0.15) is 85.0 Å². The molecule has 4 aliphatic carbocycles. The SMILES string of the molecule is CCCCCCC(=O)Nc1ccc2nc(SCC(=O)[C@@]3(O)CCC4C5CCC6=CC(=O)C=CC6(C)C5[C@@H](O)CC43C)sc2c1. The highest BCUT2D eigenvalue weighted by molar-refractivity contribution is 8.01. The number of allylic oxidation sites excluding steroid dienone is 4. The van der Waals surface area contributed by atoms with Crippen LogP contribution in [0.25, 0.3) is 10.2 Å². The van der Waals surface area contributed by atoms with Crippen LogP contribution >= 0.6 is 23.1 Å². The van der Waals surface area contributed by atoms with E-state index >= 15 is 0 Å². The second kappa shape index (κ2) is 12.1. The number of thioether (sulfide) groups is 1. The molecule has 5 unspecified atom stereocenters. The number of unbranched alkanes of at least 4 members (excludes halogenated alkanes) is 3. The van der Waals surface area contributed by atoms with E-state index in [-0.39, 0.29) is 46.4 Å². The van der Waals surface area contributed by atoms with Gasteiger partial charge in [0, 0.05) is 28.9 Å². The summed E-state index contributed by atoms with van der Waals surface area (Å²) in [5.74, 6) is 0.216. The third-order valence-corrected chi connectivity index (χ3v) is 13.5. The van der Waals surface area contributed by atoms with Crippen LogP contribution in [0.3, 0.4) is 0 Å². The molecule has 6 rings (SSSR count). The minimum Gasteiger partial charge on any atom is -0.393 e. The number of benzene rings is 1. The number of hydrogen-bond acceptors (Lipinski definition) is 8. The highest BCUT2D eigenvalue weighted by atomic mass is 32.2. The lowest BCUT2D eigenvalue weighted by atomic mass is 9.46. The summed E-state index contributed by atoms with van der Waals surface area (Å²) in [4.78, 5) is 43.0. The van der Waals surface area contributed by atoms with Crippen LogP contribution in [0.4, 0.5) is 5.69 Å². The Morgan fingerprint density at radius 2 is 2.00 bits per heavy atom. The number of ketones is 2. The number of aromatic nitrogens is 1. The molecule has 3 N–H and O–H groups in total. The zero-order chi connectivity index (χ0) is 31.3. The average molecular weight is 637 g/mol. The van der Waals surface area contributed by atoms with Gasteiger partial charge in [0.15, 0.2) is 15.9 Å². The van der Waals surface area contributed by atoms with E-state index in [0.717, 1.165) is 70.8 Å². The molecule has 4 aliphatic rings. The van der Waals surface area contributed by atoms with Crippen molar-refractivity contribution in [3.05, 3.63) is 42.0 Å². The van der Waals surface area contributed by atoms with E-state index in [4.69, 9.17) is 4.98 Å². The Morgan fingerprint density at radius 1 is 1.18 bits per heavy atom. The number of amides is 1. The monoisotopic (exact) mass is 636 g/mol. The summed E-state index contributed by atoms with van der Waals surface area (Å²) < 4.78 is 1.69.